The average molecular weight is 250 g/mol. The number of amides is 1. The van der Waals surface area contributed by atoms with Crippen LogP contribution in [0.15, 0.2) is 18.5 Å². The monoisotopic (exact) mass is 250 g/mol. The molecule has 1 aromatic rings. The number of esters is 1. The first kappa shape index (κ1) is 12.3. The molecule has 6 heteroatoms. The topological polar surface area (TPSA) is 91.5 Å². The van der Waals surface area contributed by atoms with Crippen LogP contribution in [0.5, 0.6) is 5.75 Å². The summed E-state index contributed by atoms with van der Waals surface area (Å²) in [5.41, 5.74) is 4.85. The van der Waals surface area contributed by atoms with Crippen molar-refractivity contribution in [2.45, 2.75) is 12.8 Å². The molecular formula is C12H14N2O4. The van der Waals surface area contributed by atoms with Crippen molar-refractivity contribution in [2.75, 3.05) is 13.7 Å². The fourth-order valence-electron chi connectivity index (χ4n) is 1.68. The fourth-order valence-corrected chi connectivity index (χ4v) is 1.68. The Hall–Kier alpha value is -2.11. The first-order valence-electron chi connectivity index (χ1n) is 5.54. The van der Waals surface area contributed by atoms with Crippen molar-refractivity contribution in [1.82, 2.24) is 4.98 Å². The number of nitrogens with zero attached hydrogens (tertiary/aromatic N) is 1. The fraction of sp³-hybridized carbons (Fsp3) is 0.417. The number of hydrogen-bond donors (Lipinski definition) is 1. The highest BCUT2D eigenvalue weighted by atomic mass is 16.5. The molecule has 96 valence electrons. The second kappa shape index (κ2) is 4.64. The number of aromatic nitrogens is 1. The van der Waals surface area contributed by atoms with Crippen molar-refractivity contribution in [1.29, 1.82) is 0 Å². The van der Waals surface area contributed by atoms with Gasteiger partial charge in [0, 0.05) is 12.4 Å². The molecule has 0 spiro atoms. The van der Waals surface area contributed by atoms with Crippen LogP contribution < -0.4 is 10.5 Å². The number of hydrogen-bond acceptors (Lipinski definition) is 5. The molecule has 0 aliphatic heterocycles. The minimum Gasteiger partial charge on any atom is -0.491 e. The Bertz CT molecular complexity index is 483. The van der Waals surface area contributed by atoms with Gasteiger partial charge in [-0.2, -0.15) is 0 Å². The number of nitrogens with two attached hydrogens (primary N) is 1. The first-order valence-corrected chi connectivity index (χ1v) is 5.54. The van der Waals surface area contributed by atoms with Gasteiger partial charge in [-0.25, -0.2) is 0 Å². The van der Waals surface area contributed by atoms with Gasteiger partial charge in [-0.3, -0.25) is 14.6 Å². The summed E-state index contributed by atoms with van der Waals surface area (Å²) < 4.78 is 10.2. The highest BCUT2D eigenvalue weighted by Gasteiger charge is 2.52. The Morgan fingerprint density at radius 1 is 1.50 bits per heavy atom. The zero-order valence-electron chi connectivity index (χ0n) is 10.0. The minimum absolute atomic E-state index is 0.184. The van der Waals surface area contributed by atoms with Gasteiger partial charge >= 0.3 is 5.97 Å². The van der Waals surface area contributed by atoms with Crippen LogP contribution in [0.25, 0.3) is 0 Å². The highest BCUT2D eigenvalue weighted by molar-refractivity contribution is 5.95. The van der Waals surface area contributed by atoms with E-state index in [1.54, 1.807) is 6.07 Å². The number of rotatable bonds is 5. The lowest BCUT2D eigenvalue weighted by atomic mass is 10.1. The van der Waals surface area contributed by atoms with Crippen LogP contribution in [0.1, 0.15) is 23.2 Å². The predicted octanol–water partition coefficient (Wildman–Crippen LogP) is 0.512. The molecule has 2 rings (SSSR count). The predicted molar refractivity (Wildman–Crippen MR) is 61.9 cm³/mol. The van der Waals surface area contributed by atoms with E-state index in [2.05, 4.69) is 4.98 Å². The molecule has 18 heavy (non-hydrogen) atoms. The molecule has 0 radical (unpaired) electrons. The molecule has 1 heterocycles. The van der Waals surface area contributed by atoms with Gasteiger partial charge in [-0.15, -0.1) is 0 Å². The first-order chi connectivity index (χ1) is 8.59. The number of carbonyl (C=O) groups is 2. The van der Waals surface area contributed by atoms with E-state index in [-0.39, 0.29) is 18.1 Å². The molecule has 0 unspecified atom stereocenters. The quantitative estimate of drug-likeness (QED) is 0.769. The zero-order chi connectivity index (χ0) is 13.2. The smallest absolute Gasteiger partial charge is 0.315 e. The Morgan fingerprint density at radius 3 is 2.78 bits per heavy atom. The van der Waals surface area contributed by atoms with E-state index in [9.17, 15) is 9.59 Å². The Kier molecular flexibility index (Phi) is 3.18. The zero-order valence-corrected chi connectivity index (χ0v) is 10.0. The Balaban J connectivity index is 2.07. The minimum atomic E-state index is -0.610. The van der Waals surface area contributed by atoms with Gasteiger partial charge in [-0.1, -0.05) is 0 Å². The largest absolute Gasteiger partial charge is 0.491 e. The standard InChI is InChI=1S/C12H14N2O4/c1-17-11(16)12(3-4-12)7-18-9-2-5-14-6-8(9)10(13)15/h2,5-6H,3-4,7H2,1H3,(H2,13,15). The highest BCUT2D eigenvalue weighted by Crippen LogP contribution is 2.47. The normalized spacial score (nSPS) is 15.8. The summed E-state index contributed by atoms with van der Waals surface area (Å²) in [6, 6.07) is 1.55. The van der Waals surface area contributed by atoms with E-state index in [1.807, 2.05) is 0 Å². The molecule has 2 N–H and O–H groups in total. The molecule has 6 nitrogen and oxygen atoms in total. The van der Waals surface area contributed by atoms with Gasteiger partial charge in [0.2, 0.25) is 0 Å². The third-order valence-corrected chi connectivity index (χ3v) is 3.02. The van der Waals surface area contributed by atoms with E-state index >= 15 is 0 Å². The van der Waals surface area contributed by atoms with E-state index < -0.39 is 11.3 Å². The van der Waals surface area contributed by atoms with E-state index in [4.69, 9.17) is 15.2 Å². The molecule has 1 aliphatic rings. The number of ether oxygens (including phenoxy) is 2. The summed E-state index contributed by atoms with van der Waals surface area (Å²) in [7, 11) is 1.35. The molecular weight excluding hydrogens is 236 g/mol. The van der Waals surface area contributed by atoms with Crippen LogP contribution in [-0.2, 0) is 9.53 Å². The van der Waals surface area contributed by atoms with E-state index in [1.165, 1.54) is 19.5 Å². The molecule has 0 saturated heterocycles. The van der Waals surface area contributed by atoms with Gasteiger partial charge < -0.3 is 15.2 Å². The van der Waals surface area contributed by atoms with Gasteiger partial charge in [-0.05, 0) is 18.9 Å². The molecule has 0 atom stereocenters. The number of pyridine rings is 1. The summed E-state index contributed by atoms with van der Waals surface area (Å²) in [6.07, 6.45) is 4.31. The molecule has 1 saturated carbocycles. The number of carbonyl (C=O) groups excluding carboxylic acids is 2. The van der Waals surface area contributed by atoms with Crippen LogP contribution in [0.4, 0.5) is 0 Å². The average Bonchev–Trinajstić information content (AvgIpc) is 3.17. The van der Waals surface area contributed by atoms with Gasteiger partial charge in [0.25, 0.3) is 5.91 Å². The summed E-state index contributed by atoms with van der Waals surface area (Å²) in [4.78, 5) is 26.5. The summed E-state index contributed by atoms with van der Waals surface area (Å²) in [5, 5.41) is 0. The van der Waals surface area contributed by atoms with Crippen LogP contribution in [-0.4, -0.2) is 30.6 Å². The second-order valence-corrected chi connectivity index (χ2v) is 4.30. The lowest BCUT2D eigenvalue weighted by molar-refractivity contribution is -0.148. The summed E-state index contributed by atoms with van der Waals surface area (Å²) in [5.74, 6) is -0.550. The maximum atomic E-state index is 11.5. The number of primary amides is 1. The summed E-state index contributed by atoms with van der Waals surface area (Å²) in [6.45, 7) is 0.184. The molecule has 0 bridgehead atoms. The molecule has 1 amide bonds. The number of methoxy groups -OCH3 is 1. The maximum absolute atomic E-state index is 11.5. The van der Waals surface area contributed by atoms with Gasteiger partial charge in [0.05, 0.1) is 12.7 Å². The SMILES string of the molecule is COC(=O)C1(COc2ccncc2C(N)=O)CC1. The Labute approximate surface area is 104 Å². The van der Waals surface area contributed by atoms with Crippen molar-refractivity contribution in [2.24, 2.45) is 11.1 Å². The van der Waals surface area contributed by atoms with Crippen LogP contribution in [0.2, 0.25) is 0 Å². The summed E-state index contributed by atoms with van der Waals surface area (Å²) >= 11 is 0. The van der Waals surface area contributed by atoms with E-state index in [0.717, 1.165) is 12.8 Å². The van der Waals surface area contributed by atoms with Crippen molar-refractivity contribution in [3.05, 3.63) is 24.0 Å². The third-order valence-electron chi connectivity index (χ3n) is 3.02. The van der Waals surface area contributed by atoms with Gasteiger partial charge in [0.1, 0.15) is 17.8 Å². The van der Waals surface area contributed by atoms with E-state index in [0.29, 0.717) is 5.75 Å². The van der Waals surface area contributed by atoms with Crippen molar-refractivity contribution in [3.8, 4) is 5.75 Å². The Morgan fingerprint density at radius 2 is 2.22 bits per heavy atom. The van der Waals surface area contributed by atoms with Crippen molar-refractivity contribution >= 4 is 11.9 Å². The molecule has 0 aromatic carbocycles. The maximum Gasteiger partial charge on any atom is 0.315 e. The van der Waals surface area contributed by atoms with Crippen molar-refractivity contribution < 1.29 is 19.1 Å². The van der Waals surface area contributed by atoms with Crippen LogP contribution in [0, 0.1) is 5.41 Å². The van der Waals surface area contributed by atoms with Crippen LogP contribution >= 0.6 is 0 Å². The molecule has 1 aromatic heterocycles. The van der Waals surface area contributed by atoms with Crippen molar-refractivity contribution in [3.63, 3.8) is 0 Å². The lowest BCUT2D eigenvalue weighted by Gasteiger charge is -2.15. The molecule has 1 fully saturated rings. The van der Waals surface area contributed by atoms with Gasteiger partial charge in [0.15, 0.2) is 0 Å². The third kappa shape index (κ3) is 2.27. The lowest BCUT2D eigenvalue weighted by Crippen LogP contribution is -2.25. The molecule has 1 aliphatic carbocycles. The second-order valence-electron chi connectivity index (χ2n) is 4.30. The van der Waals surface area contributed by atoms with Crippen LogP contribution in [0.3, 0.4) is 0 Å².